The van der Waals surface area contributed by atoms with E-state index in [1.807, 2.05) is 32.9 Å². The number of amides is 1. The van der Waals surface area contributed by atoms with Crippen molar-refractivity contribution >= 4 is 12.1 Å². The Kier molecular flexibility index (Phi) is 6.65. The molecule has 1 aromatic rings. The normalized spacial score (nSPS) is 17.8. The molecular formula is C18H29N5O3. The number of aliphatic imine (C=N–C) groups is 1. The van der Waals surface area contributed by atoms with Crippen molar-refractivity contribution in [1.29, 1.82) is 0 Å². The highest BCUT2D eigenvalue weighted by Crippen LogP contribution is 2.15. The van der Waals surface area contributed by atoms with Crippen molar-refractivity contribution in [3.8, 4) is 5.88 Å². The summed E-state index contributed by atoms with van der Waals surface area (Å²) in [7, 11) is 3.35. The number of methoxy groups -OCH3 is 1. The molecule has 1 fully saturated rings. The highest BCUT2D eigenvalue weighted by atomic mass is 16.6. The number of pyridine rings is 1. The fourth-order valence-corrected chi connectivity index (χ4v) is 2.79. The van der Waals surface area contributed by atoms with Gasteiger partial charge in [0, 0.05) is 38.4 Å². The highest BCUT2D eigenvalue weighted by Gasteiger charge is 2.27. The van der Waals surface area contributed by atoms with Crippen LogP contribution in [0, 0.1) is 0 Å². The van der Waals surface area contributed by atoms with Gasteiger partial charge in [0.15, 0.2) is 5.96 Å². The number of carbonyl (C=O) groups is 1. The van der Waals surface area contributed by atoms with Gasteiger partial charge in [-0.25, -0.2) is 9.78 Å². The molecule has 8 heteroatoms. The quantitative estimate of drug-likeness (QED) is 0.626. The van der Waals surface area contributed by atoms with Crippen LogP contribution in [0.15, 0.2) is 23.3 Å². The van der Waals surface area contributed by atoms with Gasteiger partial charge in [0.1, 0.15) is 5.60 Å². The molecule has 1 aromatic heterocycles. The van der Waals surface area contributed by atoms with Crippen molar-refractivity contribution in [2.45, 2.75) is 45.4 Å². The van der Waals surface area contributed by atoms with E-state index in [-0.39, 0.29) is 12.1 Å². The Morgan fingerprint density at radius 3 is 2.88 bits per heavy atom. The number of hydrogen-bond acceptors (Lipinski definition) is 5. The van der Waals surface area contributed by atoms with Crippen LogP contribution in [0.25, 0.3) is 0 Å². The maximum atomic E-state index is 11.9. The van der Waals surface area contributed by atoms with Crippen molar-refractivity contribution in [2.24, 2.45) is 4.99 Å². The van der Waals surface area contributed by atoms with Crippen molar-refractivity contribution in [3.05, 3.63) is 23.9 Å². The fraction of sp³-hybridized carbons (Fsp3) is 0.611. The van der Waals surface area contributed by atoms with Crippen LogP contribution in [0.4, 0.5) is 4.79 Å². The molecule has 0 saturated carbocycles. The molecule has 1 aliphatic rings. The van der Waals surface area contributed by atoms with Crippen LogP contribution in [-0.2, 0) is 11.3 Å². The monoisotopic (exact) mass is 363 g/mol. The molecule has 1 saturated heterocycles. The average Bonchev–Trinajstić information content (AvgIpc) is 3.02. The third kappa shape index (κ3) is 5.79. The molecule has 1 atom stereocenters. The minimum absolute atomic E-state index is 0.0383. The summed E-state index contributed by atoms with van der Waals surface area (Å²) >= 11 is 0. The van der Waals surface area contributed by atoms with Crippen LogP contribution in [0.3, 0.4) is 0 Å². The minimum Gasteiger partial charge on any atom is -0.481 e. The van der Waals surface area contributed by atoms with E-state index in [2.05, 4.69) is 25.5 Å². The molecule has 1 amide bonds. The Bertz CT molecular complexity index is 642. The number of nitrogens with one attached hydrogen (secondary N) is 2. The molecule has 2 N–H and O–H groups in total. The number of aromatic nitrogens is 1. The number of alkyl carbamates (subject to hydrolysis) is 1. The lowest BCUT2D eigenvalue weighted by molar-refractivity contribution is 0.0507. The third-order valence-electron chi connectivity index (χ3n) is 3.90. The fourth-order valence-electron chi connectivity index (χ4n) is 2.79. The van der Waals surface area contributed by atoms with Crippen LogP contribution in [0.1, 0.15) is 32.8 Å². The predicted octanol–water partition coefficient (Wildman–Crippen LogP) is 1.76. The molecule has 26 heavy (non-hydrogen) atoms. The number of rotatable bonds is 4. The summed E-state index contributed by atoms with van der Waals surface area (Å²) in [5, 5.41) is 6.25. The predicted molar refractivity (Wildman–Crippen MR) is 100 cm³/mol. The number of carbonyl (C=O) groups excluding carboxylic acids is 1. The van der Waals surface area contributed by atoms with Crippen molar-refractivity contribution in [3.63, 3.8) is 0 Å². The summed E-state index contributed by atoms with van der Waals surface area (Å²) in [6.07, 6.45) is 2.16. The van der Waals surface area contributed by atoms with Gasteiger partial charge in [-0.05, 0) is 33.3 Å². The Morgan fingerprint density at radius 2 is 2.23 bits per heavy atom. The largest absolute Gasteiger partial charge is 0.481 e. The molecule has 0 aromatic carbocycles. The van der Waals surface area contributed by atoms with Crippen molar-refractivity contribution < 1.29 is 14.3 Å². The maximum Gasteiger partial charge on any atom is 0.407 e. The number of ether oxygens (including phenoxy) is 2. The van der Waals surface area contributed by atoms with Gasteiger partial charge in [0.25, 0.3) is 0 Å². The van der Waals surface area contributed by atoms with E-state index < -0.39 is 5.60 Å². The summed E-state index contributed by atoms with van der Waals surface area (Å²) < 4.78 is 10.6. The SMILES string of the molecule is CN=C(NCc1cccnc1OC)N1CCC(NC(=O)OC(C)(C)C)C1. The second kappa shape index (κ2) is 8.73. The molecule has 2 rings (SSSR count). The van der Waals surface area contributed by atoms with E-state index in [1.165, 1.54) is 0 Å². The molecule has 1 unspecified atom stereocenters. The molecule has 2 heterocycles. The lowest BCUT2D eigenvalue weighted by Gasteiger charge is -2.23. The summed E-state index contributed by atoms with van der Waals surface area (Å²) in [4.78, 5) is 22.6. The third-order valence-corrected chi connectivity index (χ3v) is 3.90. The number of likely N-dealkylation sites (tertiary alicyclic amines) is 1. The zero-order chi connectivity index (χ0) is 19.2. The first kappa shape index (κ1) is 19.8. The lowest BCUT2D eigenvalue weighted by atomic mass is 10.2. The smallest absolute Gasteiger partial charge is 0.407 e. The average molecular weight is 363 g/mol. The highest BCUT2D eigenvalue weighted by molar-refractivity contribution is 5.80. The number of hydrogen-bond donors (Lipinski definition) is 2. The van der Waals surface area contributed by atoms with Gasteiger partial charge in [-0.2, -0.15) is 0 Å². The second-order valence-corrected chi connectivity index (χ2v) is 7.15. The lowest BCUT2D eigenvalue weighted by Crippen LogP contribution is -2.44. The maximum absolute atomic E-state index is 11.9. The minimum atomic E-state index is -0.497. The van der Waals surface area contributed by atoms with E-state index in [9.17, 15) is 4.79 Å². The van der Waals surface area contributed by atoms with Gasteiger partial charge in [-0.1, -0.05) is 6.07 Å². The summed E-state index contributed by atoms with van der Waals surface area (Å²) in [5.74, 6) is 1.38. The Morgan fingerprint density at radius 1 is 1.46 bits per heavy atom. The van der Waals surface area contributed by atoms with Gasteiger partial charge in [0.2, 0.25) is 5.88 Å². The van der Waals surface area contributed by atoms with Gasteiger partial charge < -0.3 is 25.0 Å². The molecule has 0 radical (unpaired) electrons. The summed E-state index contributed by atoms with van der Waals surface area (Å²) in [6, 6.07) is 3.87. The molecule has 1 aliphatic heterocycles. The topological polar surface area (TPSA) is 88.1 Å². The first-order valence-corrected chi connectivity index (χ1v) is 8.75. The van der Waals surface area contributed by atoms with E-state index in [4.69, 9.17) is 9.47 Å². The van der Waals surface area contributed by atoms with E-state index >= 15 is 0 Å². The van der Waals surface area contributed by atoms with Crippen molar-refractivity contribution in [1.82, 2.24) is 20.5 Å². The first-order chi connectivity index (χ1) is 12.3. The van der Waals surface area contributed by atoms with Crippen LogP contribution < -0.4 is 15.4 Å². The zero-order valence-electron chi connectivity index (χ0n) is 16.2. The molecule has 0 bridgehead atoms. The van der Waals surface area contributed by atoms with Crippen molar-refractivity contribution in [2.75, 3.05) is 27.2 Å². The first-order valence-electron chi connectivity index (χ1n) is 8.75. The van der Waals surface area contributed by atoms with Gasteiger partial charge in [-0.3, -0.25) is 4.99 Å². The van der Waals surface area contributed by atoms with Crippen LogP contribution >= 0.6 is 0 Å². The van der Waals surface area contributed by atoms with Gasteiger partial charge in [0.05, 0.1) is 13.2 Å². The van der Waals surface area contributed by atoms with Crippen LogP contribution in [0.2, 0.25) is 0 Å². The summed E-state index contributed by atoms with van der Waals surface area (Å²) in [6.45, 7) is 7.61. The van der Waals surface area contributed by atoms with Gasteiger partial charge in [-0.15, -0.1) is 0 Å². The Balaban J connectivity index is 1.86. The Hall–Kier alpha value is -2.51. The zero-order valence-corrected chi connectivity index (χ0v) is 16.2. The van der Waals surface area contributed by atoms with Crippen LogP contribution in [-0.4, -0.2) is 60.8 Å². The Labute approximate surface area is 155 Å². The molecule has 144 valence electrons. The van der Waals surface area contributed by atoms with E-state index in [1.54, 1.807) is 20.4 Å². The number of guanidine groups is 1. The standard InChI is InChI=1S/C18H29N5O3/c1-18(2,3)26-17(24)22-14-8-10-23(12-14)16(19-4)21-11-13-7-6-9-20-15(13)25-5/h6-7,9,14H,8,10-12H2,1-5H3,(H,19,21)(H,22,24). The van der Waals surface area contributed by atoms with E-state index in [0.29, 0.717) is 19.0 Å². The second-order valence-electron chi connectivity index (χ2n) is 7.15. The van der Waals surface area contributed by atoms with Gasteiger partial charge >= 0.3 is 6.09 Å². The number of nitrogens with zero attached hydrogens (tertiary/aromatic N) is 3. The molecule has 0 spiro atoms. The molecule has 8 nitrogen and oxygen atoms in total. The van der Waals surface area contributed by atoms with Crippen LogP contribution in [0.5, 0.6) is 5.88 Å². The molecule has 0 aliphatic carbocycles. The van der Waals surface area contributed by atoms with E-state index in [0.717, 1.165) is 24.5 Å². The molecular weight excluding hydrogens is 334 g/mol. The summed E-state index contributed by atoms with van der Waals surface area (Å²) in [5.41, 5.74) is 0.460.